The Balaban J connectivity index is 2.10. The zero-order valence-electron chi connectivity index (χ0n) is 9.03. The van der Waals surface area contributed by atoms with Crippen molar-refractivity contribution in [2.24, 2.45) is 5.92 Å². The second-order valence-corrected chi connectivity index (χ2v) is 4.26. The van der Waals surface area contributed by atoms with E-state index >= 15 is 0 Å². The van der Waals surface area contributed by atoms with Gasteiger partial charge in [0, 0.05) is 6.04 Å². The van der Waals surface area contributed by atoms with Gasteiger partial charge < -0.3 is 10.4 Å². The van der Waals surface area contributed by atoms with Gasteiger partial charge in [-0.1, -0.05) is 0 Å². The molecule has 0 aromatic heterocycles. The fourth-order valence-corrected chi connectivity index (χ4v) is 1.69. The second-order valence-electron chi connectivity index (χ2n) is 4.26. The first kappa shape index (κ1) is 10.9. The topological polar surface area (TPSA) is 49.3 Å². The maximum Gasteiger partial charge on any atom is 0.255 e. The third kappa shape index (κ3) is 2.32. The van der Waals surface area contributed by atoms with Gasteiger partial charge >= 0.3 is 0 Å². The van der Waals surface area contributed by atoms with Crippen LogP contribution >= 0.6 is 0 Å². The van der Waals surface area contributed by atoms with Crippen LogP contribution in [-0.2, 0) is 0 Å². The average Bonchev–Trinajstić information content (AvgIpc) is 3.04. The van der Waals surface area contributed by atoms with Crippen molar-refractivity contribution >= 4 is 5.91 Å². The summed E-state index contributed by atoms with van der Waals surface area (Å²) in [6.45, 7) is 1.92. The van der Waals surface area contributed by atoms with E-state index in [-0.39, 0.29) is 17.4 Å². The van der Waals surface area contributed by atoms with Crippen molar-refractivity contribution in [3.8, 4) is 5.75 Å². The van der Waals surface area contributed by atoms with Crippen LogP contribution in [0.2, 0.25) is 0 Å². The first-order chi connectivity index (χ1) is 7.58. The molecule has 0 heterocycles. The summed E-state index contributed by atoms with van der Waals surface area (Å²) in [6, 6.07) is 3.43. The molecular formula is C12H14FNO2. The highest BCUT2D eigenvalue weighted by molar-refractivity contribution is 5.96. The number of phenolic OH excluding ortho intramolecular Hbond substituents is 1. The number of amides is 1. The molecule has 2 N–H and O–H groups in total. The average molecular weight is 223 g/mol. The summed E-state index contributed by atoms with van der Waals surface area (Å²) < 4.78 is 12.9. The molecule has 1 aromatic carbocycles. The van der Waals surface area contributed by atoms with E-state index in [0.717, 1.165) is 25.0 Å². The van der Waals surface area contributed by atoms with Gasteiger partial charge in [0.2, 0.25) is 0 Å². The molecule has 86 valence electrons. The Morgan fingerprint density at radius 2 is 2.25 bits per heavy atom. The molecule has 1 fully saturated rings. The molecule has 4 heteroatoms. The number of benzene rings is 1. The lowest BCUT2D eigenvalue weighted by atomic mass is 10.1. The van der Waals surface area contributed by atoms with Crippen molar-refractivity contribution in [2.75, 3.05) is 0 Å². The third-order valence-electron chi connectivity index (χ3n) is 2.89. The van der Waals surface area contributed by atoms with E-state index < -0.39 is 11.7 Å². The van der Waals surface area contributed by atoms with Crippen LogP contribution in [0.4, 0.5) is 4.39 Å². The number of hydrogen-bond acceptors (Lipinski definition) is 2. The zero-order chi connectivity index (χ0) is 11.7. The minimum absolute atomic E-state index is 0.00694. The minimum Gasteiger partial charge on any atom is -0.507 e. The molecule has 2 rings (SSSR count). The third-order valence-corrected chi connectivity index (χ3v) is 2.89. The maximum absolute atomic E-state index is 12.9. The molecule has 1 aliphatic carbocycles. The summed E-state index contributed by atoms with van der Waals surface area (Å²) in [6.07, 6.45) is 2.24. The van der Waals surface area contributed by atoms with E-state index in [4.69, 9.17) is 0 Å². The van der Waals surface area contributed by atoms with Gasteiger partial charge in [0.1, 0.15) is 11.6 Å². The van der Waals surface area contributed by atoms with E-state index in [0.29, 0.717) is 5.92 Å². The van der Waals surface area contributed by atoms with Crippen LogP contribution < -0.4 is 5.32 Å². The summed E-state index contributed by atoms with van der Waals surface area (Å²) in [7, 11) is 0. The van der Waals surface area contributed by atoms with Crippen LogP contribution in [0.25, 0.3) is 0 Å². The Morgan fingerprint density at radius 3 is 2.88 bits per heavy atom. The minimum atomic E-state index is -0.526. The highest BCUT2D eigenvalue weighted by Gasteiger charge is 2.29. The number of carbonyl (C=O) groups is 1. The van der Waals surface area contributed by atoms with Gasteiger partial charge in [-0.3, -0.25) is 4.79 Å². The van der Waals surface area contributed by atoms with Crippen LogP contribution in [0.5, 0.6) is 5.75 Å². The van der Waals surface area contributed by atoms with E-state index in [1.54, 1.807) is 0 Å². The zero-order valence-corrected chi connectivity index (χ0v) is 9.03. The number of nitrogens with one attached hydrogen (secondary N) is 1. The number of hydrogen-bond donors (Lipinski definition) is 2. The lowest BCUT2D eigenvalue weighted by Crippen LogP contribution is -2.34. The van der Waals surface area contributed by atoms with Crippen molar-refractivity contribution in [2.45, 2.75) is 25.8 Å². The molecular weight excluding hydrogens is 209 g/mol. The van der Waals surface area contributed by atoms with E-state index in [2.05, 4.69) is 5.32 Å². The van der Waals surface area contributed by atoms with Crippen LogP contribution in [0.1, 0.15) is 30.1 Å². The van der Waals surface area contributed by atoms with Crippen LogP contribution in [0.3, 0.4) is 0 Å². The molecule has 1 aromatic rings. The highest BCUT2D eigenvalue weighted by atomic mass is 19.1. The first-order valence-corrected chi connectivity index (χ1v) is 5.37. The van der Waals surface area contributed by atoms with Gasteiger partial charge in [-0.2, -0.15) is 0 Å². The van der Waals surface area contributed by atoms with Crippen molar-refractivity contribution in [3.63, 3.8) is 0 Å². The fourth-order valence-electron chi connectivity index (χ4n) is 1.69. The van der Waals surface area contributed by atoms with E-state index in [9.17, 15) is 14.3 Å². The standard InChI is InChI=1S/C12H14FNO2/c1-7(8-2-3-8)14-12(16)10-6-9(13)4-5-11(10)15/h4-8,15H,2-3H2,1H3,(H,14,16). The summed E-state index contributed by atoms with van der Waals surface area (Å²) in [5, 5.41) is 12.2. The summed E-state index contributed by atoms with van der Waals surface area (Å²) in [4.78, 5) is 11.7. The molecule has 1 atom stereocenters. The molecule has 0 aliphatic heterocycles. The van der Waals surface area contributed by atoms with Crippen LogP contribution in [-0.4, -0.2) is 17.1 Å². The van der Waals surface area contributed by atoms with E-state index in [1.165, 1.54) is 6.07 Å². The molecule has 3 nitrogen and oxygen atoms in total. The smallest absolute Gasteiger partial charge is 0.255 e. The Kier molecular flexibility index (Phi) is 2.81. The van der Waals surface area contributed by atoms with Gasteiger partial charge in [0.05, 0.1) is 5.56 Å². The van der Waals surface area contributed by atoms with Crippen molar-refractivity contribution in [1.82, 2.24) is 5.32 Å². The molecule has 16 heavy (non-hydrogen) atoms. The maximum atomic E-state index is 12.9. The highest BCUT2D eigenvalue weighted by Crippen LogP contribution is 2.32. The Bertz CT molecular complexity index is 415. The quantitative estimate of drug-likeness (QED) is 0.824. The first-order valence-electron chi connectivity index (χ1n) is 5.37. The summed E-state index contributed by atoms with van der Waals surface area (Å²) in [5.74, 6) is -0.611. The van der Waals surface area contributed by atoms with Gasteiger partial charge in [-0.15, -0.1) is 0 Å². The lowest BCUT2D eigenvalue weighted by molar-refractivity contribution is 0.0932. The van der Waals surface area contributed by atoms with Gasteiger partial charge in [0.25, 0.3) is 5.91 Å². The molecule has 1 aliphatic rings. The molecule has 0 spiro atoms. The summed E-state index contributed by atoms with van der Waals surface area (Å²) >= 11 is 0. The van der Waals surface area contributed by atoms with Crippen molar-refractivity contribution < 1.29 is 14.3 Å². The van der Waals surface area contributed by atoms with Crippen LogP contribution in [0, 0.1) is 11.7 Å². The fraction of sp³-hybridized carbons (Fsp3) is 0.417. The predicted molar refractivity (Wildman–Crippen MR) is 57.7 cm³/mol. The van der Waals surface area contributed by atoms with Crippen molar-refractivity contribution in [3.05, 3.63) is 29.6 Å². The number of aromatic hydroxyl groups is 1. The number of halogens is 1. The molecule has 0 radical (unpaired) electrons. The number of carbonyl (C=O) groups excluding carboxylic acids is 1. The van der Waals surface area contributed by atoms with Gasteiger partial charge in [-0.05, 0) is 43.9 Å². The molecule has 0 bridgehead atoms. The second kappa shape index (κ2) is 4.12. The van der Waals surface area contributed by atoms with Gasteiger partial charge in [0.15, 0.2) is 0 Å². The monoisotopic (exact) mass is 223 g/mol. The lowest BCUT2D eigenvalue weighted by Gasteiger charge is -2.13. The SMILES string of the molecule is CC(NC(=O)c1cc(F)ccc1O)C1CC1. The number of rotatable bonds is 3. The molecule has 1 saturated carbocycles. The normalized spacial score (nSPS) is 16.9. The Morgan fingerprint density at radius 1 is 1.56 bits per heavy atom. The number of phenols is 1. The summed E-state index contributed by atoms with van der Waals surface area (Å²) in [5.41, 5.74) is -0.00694. The van der Waals surface area contributed by atoms with Crippen LogP contribution in [0.15, 0.2) is 18.2 Å². The predicted octanol–water partition coefficient (Wildman–Crippen LogP) is 2.06. The molecule has 0 saturated heterocycles. The molecule has 1 amide bonds. The Hall–Kier alpha value is -1.58. The molecule has 1 unspecified atom stereocenters. The van der Waals surface area contributed by atoms with Gasteiger partial charge in [-0.25, -0.2) is 4.39 Å². The van der Waals surface area contributed by atoms with E-state index in [1.807, 2.05) is 6.92 Å². The van der Waals surface area contributed by atoms with Crippen molar-refractivity contribution in [1.29, 1.82) is 0 Å². The Labute approximate surface area is 93.3 Å². The largest absolute Gasteiger partial charge is 0.507 e.